The molecule has 3 rings (SSSR count). The molecule has 0 amide bonds. The highest BCUT2D eigenvalue weighted by Gasteiger charge is 2.41. The van der Waals surface area contributed by atoms with E-state index in [0.717, 1.165) is 22.7 Å². The van der Waals surface area contributed by atoms with Crippen molar-refractivity contribution in [3.63, 3.8) is 0 Å². The van der Waals surface area contributed by atoms with Crippen molar-refractivity contribution >= 4 is 34.4 Å². The summed E-state index contributed by atoms with van der Waals surface area (Å²) in [4.78, 5) is 37.2. The first-order valence-corrected chi connectivity index (χ1v) is 7.43. The number of para-hydroxylation sites is 1. The number of carbonyl (C=O) groups excluding carboxylic acids is 2. The summed E-state index contributed by atoms with van der Waals surface area (Å²) in [6, 6.07) is 7.34. The van der Waals surface area contributed by atoms with E-state index in [1.165, 1.54) is 4.57 Å². The number of thioether (sulfide) groups is 1. The van der Waals surface area contributed by atoms with Crippen molar-refractivity contribution in [1.29, 1.82) is 0 Å². The van der Waals surface area contributed by atoms with E-state index in [4.69, 9.17) is 4.74 Å². The second-order valence-corrected chi connectivity index (χ2v) is 5.81. The van der Waals surface area contributed by atoms with Gasteiger partial charge < -0.3 is 9.30 Å². The first kappa shape index (κ1) is 13.9. The normalized spacial score (nSPS) is 17.0. The summed E-state index contributed by atoms with van der Waals surface area (Å²) in [5.74, 6) is -1.05. The predicted molar refractivity (Wildman–Crippen MR) is 79.8 cm³/mol. The number of hydrogen-bond acceptors (Lipinski definition) is 5. The smallest absolute Gasteiger partial charge is 0.327 e. The summed E-state index contributed by atoms with van der Waals surface area (Å²) in [6.45, 7) is 1.89. The Kier molecular flexibility index (Phi) is 3.33. The average Bonchev–Trinajstić information content (AvgIpc) is 2.83. The van der Waals surface area contributed by atoms with Crippen LogP contribution in [0.4, 0.5) is 0 Å². The van der Waals surface area contributed by atoms with Crippen LogP contribution in [-0.4, -0.2) is 28.2 Å². The van der Waals surface area contributed by atoms with Gasteiger partial charge in [0.05, 0.1) is 17.7 Å². The molecular weight excluding hydrogens is 290 g/mol. The molecule has 0 bridgehead atoms. The number of rotatable bonds is 2. The fraction of sp³-hybridized carbons (Fsp3) is 0.267. The highest BCUT2D eigenvalue weighted by Crippen LogP contribution is 2.40. The number of fused-ring (bicyclic) bond motifs is 3. The molecule has 0 radical (unpaired) electrons. The van der Waals surface area contributed by atoms with Crippen molar-refractivity contribution < 1.29 is 14.3 Å². The Labute approximate surface area is 124 Å². The summed E-state index contributed by atoms with van der Waals surface area (Å²) < 4.78 is 6.36. The molecule has 5 nitrogen and oxygen atoms in total. The minimum absolute atomic E-state index is 0.0965. The third-order valence-electron chi connectivity index (χ3n) is 3.48. The van der Waals surface area contributed by atoms with Gasteiger partial charge in [0.15, 0.2) is 11.0 Å². The van der Waals surface area contributed by atoms with E-state index in [-0.39, 0.29) is 17.7 Å². The molecule has 0 saturated carbocycles. The topological polar surface area (TPSA) is 65.4 Å². The largest absolute Gasteiger partial charge is 0.465 e. The standard InChI is InChI=1S/C15H13NO4S/c1-3-20-15(19)13-11(17)10-12(21-13)8-6-4-5-7-9(8)16(2)14(10)18/h4-7,13H,3H2,1-2H3. The number of ether oxygens (including phenoxy) is 1. The van der Waals surface area contributed by atoms with Gasteiger partial charge >= 0.3 is 5.97 Å². The maximum absolute atomic E-state index is 12.4. The Morgan fingerprint density at radius 1 is 1.33 bits per heavy atom. The minimum atomic E-state index is -0.974. The molecule has 1 atom stereocenters. The fourth-order valence-electron chi connectivity index (χ4n) is 2.48. The van der Waals surface area contributed by atoms with E-state index in [1.54, 1.807) is 14.0 Å². The highest BCUT2D eigenvalue weighted by atomic mass is 32.2. The van der Waals surface area contributed by atoms with E-state index in [0.29, 0.717) is 4.90 Å². The van der Waals surface area contributed by atoms with Gasteiger partial charge in [-0.05, 0) is 13.0 Å². The molecule has 1 aromatic heterocycles. The molecule has 1 aliphatic rings. The molecule has 2 aromatic rings. The lowest BCUT2D eigenvalue weighted by Crippen LogP contribution is -2.30. The van der Waals surface area contributed by atoms with E-state index >= 15 is 0 Å². The van der Waals surface area contributed by atoms with Gasteiger partial charge in [0.2, 0.25) is 0 Å². The maximum Gasteiger partial charge on any atom is 0.327 e. The molecule has 0 N–H and O–H groups in total. The van der Waals surface area contributed by atoms with Crippen molar-refractivity contribution in [2.75, 3.05) is 6.61 Å². The van der Waals surface area contributed by atoms with Gasteiger partial charge in [-0.1, -0.05) is 18.2 Å². The molecule has 0 fully saturated rings. The summed E-state index contributed by atoms with van der Waals surface area (Å²) in [7, 11) is 1.63. The molecule has 6 heteroatoms. The molecule has 1 aromatic carbocycles. The SMILES string of the molecule is CCOC(=O)C1Sc2c(c(=O)n(C)c3ccccc23)C1=O. The van der Waals surface area contributed by atoms with Crippen LogP contribution in [-0.2, 0) is 16.6 Å². The lowest BCUT2D eigenvalue weighted by molar-refractivity contribution is -0.141. The zero-order valence-corrected chi connectivity index (χ0v) is 12.4. The molecule has 0 saturated heterocycles. The Morgan fingerprint density at radius 2 is 2.05 bits per heavy atom. The zero-order valence-electron chi connectivity index (χ0n) is 11.6. The lowest BCUT2D eigenvalue weighted by atomic mass is 10.1. The number of aromatic nitrogens is 1. The first-order chi connectivity index (χ1) is 10.1. The number of pyridine rings is 1. The minimum Gasteiger partial charge on any atom is -0.465 e. The van der Waals surface area contributed by atoms with Crippen LogP contribution < -0.4 is 5.56 Å². The lowest BCUT2D eigenvalue weighted by Gasteiger charge is -2.08. The van der Waals surface area contributed by atoms with Crippen LogP contribution in [0.25, 0.3) is 10.9 Å². The number of ketones is 1. The molecule has 2 heterocycles. The highest BCUT2D eigenvalue weighted by molar-refractivity contribution is 8.02. The maximum atomic E-state index is 12.4. The van der Waals surface area contributed by atoms with E-state index in [9.17, 15) is 14.4 Å². The van der Waals surface area contributed by atoms with Crippen molar-refractivity contribution in [2.24, 2.45) is 7.05 Å². The molecule has 21 heavy (non-hydrogen) atoms. The Morgan fingerprint density at radius 3 is 2.76 bits per heavy atom. The van der Waals surface area contributed by atoms with Gasteiger partial charge in [-0.2, -0.15) is 0 Å². The summed E-state index contributed by atoms with van der Waals surface area (Å²) in [5.41, 5.74) is 0.471. The van der Waals surface area contributed by atoms with Crippen LogP contribution in [0.15, 0.2) is 34.0 Å². The second kappa shape index (κ2) is 5.04. The molecule has 1 unspecified atom stereocenters. The quantitative estimate of drug-likeness (QED) is 0.625. The zero-order chi connectivity index (χ0) is 15.1. The number of nitrogens with zero attached hydrogens (tertiary/aromatic N) is 1. The van der Waals surface area contributed by atoms with Crippen molar-refractivity contribution in [3.8, 4) is 0 Å². The van der Waals surface area contributed by atoms with Crippen LogP contribution in [0.5, 0.6) is 0 Å². The summed E-state index contributed by atoms with van der Waals surface area (Å²) in [6.07, 6.45) is 0. The Hall–Kier alpha value is -2.08. The van der Waals surface area contributed by atoms with E-state index in [2.05, 4.69) is 0 Å². The van der Waals surface area contributed by atoms with Crippen LogP contribution >= 0.6 is 11.8 Å². The third-order valence-corrected chi connectivity index (χ3v) is 4.78. The Balaban J connectivity index is 2.23. The molecule has 0 aliphatic carbocycles. The number of hydrogen-bond donors (Lipinski definition) is 0. The van der Waals surface area contributed by atoms with Crippen LogP contribution in [0.1, 0.15) is 17.3 Å². The second-order valence-electron chi connectivity index (χ2n) is 4.70. The number of Topliss-reactive ketones (excluding diaryl/α,β-unsaturated/α-hetero) is 1. The predicted octanol–water partition coefficient (Wildman–Crippen LogP) is 1.76. The van der Waals surface area contributed by atoms with Gasteiger partial charge in [0, 0.05) is 17.3 Å². The number of benzene rings is 1. The first-order valence-electron chi connectivity index (χ1n) is 6.55. The van der Waals surface area contributed by atoms with Crippen molar-refractivity contribution in [2.45, 2.75) is 17.1 Å². The van der Waals surface area contributed by atoms with Gasteiger partial charge in [-0.3, -0.25) is 14.4 Å². The average molecular weight is 303 g/mol. The van der Waals surface area contributed by atoms with Crippen LogP contribution in [0, 0.1) is 0 Å². The van der Waals surface area contributed by atoms with Crippen LogP contribution in [0.3, 0.4) is 0 Å². The molecule has 1 aliphatic heterocycles. The summed E-state index contributed by atoms with van der Waals surface area (Å²) in [5, 5.41) is -0.168. The van der Waals surface area contributed by atoms with Crippen LogP contribution in [0.2, 0.25) is 0 Å². The number of esters is 1. The monoisotopic (exact) mass is 303 g/mol. The number of carbonyl (C=O) groups is 2. The van der Waals surface area contributed by atoms with Crippen molar-refractivity contribution in [1.82, 2.24) is 4.57 Å². The van der Waals surface area contributed by atoms with Gasteiger partial charge in [-0.15, -0.1) is 11.8 Å². The molecule has 0 spiro atoms. The van der Waals surface area contributed by atoms with Gasteiger partial charge in [0.25, 0.3) is 5.56 Å². The fourth-order valence-corrected chi connectivity index (χ4v) is 3.71. The molecular formula is C15H13NO4S. The number of aryl methyl sites for hydroxylation is 1. The summed E-state index contributed by atoms with van der Waals surface area (Å²) >= 11 is 1.11. The van der Waals surface area contributed by atoms with E-state index < -0.39 is 17.0 Å². The van der Waals surface area contributed by atoms with Crippen molar-refractivity contribution in [3.05, 3.63) is 40.2 Å². The van der Waals surface area contributed by atoms with Gasteiger partial charge in [-0.25, -0.2) is 0 Å². The molecule has 108 valence electrons. The Bertz CT molecular complexity index is 824. The third kappa shape index (κ3) is 1.98. The van der Waals surface area contributed by atoms with E-state index in [1.807, 2.05) is 24.3 Å². The van der Waals surface area contributed by atoms with Gasteiger partial charge in [0.1, 0.15) is 0 Å².